The Morgan fingerprint density at radius 1 is 0.919 bits per heavy atom. The van der Waals surface area contributed by atoms with Crippen LogP contribution in [0.3, 0.4) is 0 Å². The third-order valence-corrected chi connectivity index (χ3v) is 6.83. The number of para-hydroxylation sites is 1. The van der Waals surface area contributed by atoms with E-state index in [1.54, 1.807) is 36.4 Å². The summed E-state index contributed by atoms with van der Waals surface area (Å²) < 4.78 is 10.4. The minimum absolute atomic E-state index is 0.121. The number of hydrogen-bond acceptors (Lipinski definition) is 7. The van der Waals surface area contributed by atoms with Crippen LogP contribution in [0, 0.1) is 0 Å². The number of anilines is 1. The molecule has 0 bridgehead atoms. The molecule has 188 valence electrons. The minimum atomic E-state index is -0.682. The molecule has 2 aliphatic rings. The van der Waals surface area contributed by atoms with E-state index in [0.29, 0.717) is 30.1 Å². The summed E-state index contributed by atoms with van der Waals surface area (Å²) in [5.41, 5.74) is 3.39. The molecule has 0 saturated carbocycles. The van der Waals surface area contributed by atoms with E-state index in [2.05, 4.69) is 17.0 Å². The Hall–Kier alpha value is -4.30. The molecule has 37 heavy (non-hydrogen) atoms. The normalized spacial score (nSPS) is 17.4. The van der Waals surface area contributed by atoms with Crippen molar-refractivity contribution in [3.05, 3.63) is 95.1 Å². The number of fused-ring (bicyclic) bond motifs is 1. The van der Waals surface area contributed by atoms with E-state index in [0.717, 1.165) is 6.42 Å². The van der Waals surface area contributed by atoms with Crippen molar-refractivity contribution >= 4 is 29.3 Å². The molecule has 2 amide bonds. The van der Waals surface area contributed by atoms with Crippen molar-refractivity contribution in [2.24, 2.45) is 0 Å². The average molecular weight is 499 g/mol. The van der Waals surface area contributed by atoms with Crippen LogP contribution in [0.1, 0.15) is 38.3 Å². The van der Waals surface area contributed by atoms with Gasteiger partial charge in [-0.05, 0) is 53.9 Å². The van der Waals surface area contributed by atoms with Gasteiger partial charge in [0.05, 0.1) is 36.4 Å². The van der Waals surface area contributed by atoms with Gasteiger partial charge < -0.3 is 9.47 Å². The zero-order valence-electron chi connectivity index (χ0n) is 20.4. The van der Waals surface area contributed by atoms with E-state index >= 15 is 0 Å². The van der Waals surface area contributed by atoms with E-state index in [1.165, 1.54) is 35.3 Å². The lowest BCUT2D eigenvalue weighted by molar-refractivity contribution is -0.123. The molecular formula is C29H26N2O6. The van der Waals surface area contributed by atoms with Gasteiger partial charge in [0.15, 0.2) is 6.61 Å². The number of hydrogen-bond donors (Lipinski definition) is 0. The lowest BCUT2D eigenvalue weighted by Gasteiger charge is -2.32. The maximum Gasteiger partial charge on any atom is 0.338 e. The first-order chi connectivity index (χ1) is 18.0. The first kappa shape index (κ1) is 24.4. The van der Waals surface area contributed by atoms with Gasteiger partial charge >= 0.3 is 5.97 Å². The number of Topliss-reactive ketones (excluding diaryl/α,β-unsaturated/α-hetero) is 1. The largest absolute Gasteiger partial charge is 0.496 e. The molecule has 8 nitrogen and oxygen atoms in total. The quantitative estimate of drug-likeness (QED) is 0.280. The van der Waals surface area contributed by atoms with E-state index in [9.17, 15) is 19.2 Å². The van der Waals surface area contributed by atoms with Gasteiger partial charge in [-0.3, -0.25) is 19.3 Å². The molecule has 1 saturated heterocycles. The van der Waals surface area contributed by atoms with Crippen molar-refractivity contribution in [2.45, 2.75) is 25.4 Å². The molecule has 0 spiro atoms. The van der Waals surface area contributed by atoms with Crippen LogP contribution in [0.2, 0.25) is 0 Å². The standard InChI is InChI=1S/C29H26N2O6/c1-36-26-9-5-4-8-23(26)25(32)18-37-29(35)20-10-12-22(13-11-20)31-27(33)16-24(28(31)34)30-15-14-19-6-2-3-7-21(19)17-30/h2-13,24H,14-18H2,1H3. The van der Waals surface area contributed by atoms with Gasteiger partial charge in [0.2, 0.25) is 11.7 Å². The Kier molecular flexibility index (Phi) is 6.83. The summed E-state index contributed by atoms with van der Waals surface area (Å²) in [5.74, 6) is -1.20. The third-order valence-electron chi connectivity index (χ3n) is 6.83. The fraction of sp³-hybridized carbons (Fsp3) is 0.241. The molecule has 0 aromatic heterocycles. The first-order valence-corrected chi connectivity index (χ1v) is 12.1. The monoisotopic (exact) mass is 498 g/mol. The van der Waals surface area contributed by atoms with E-state index in [-0.39, 0.29) is 29.6 Å². The highest BCUT2D eigenvalue weighted by Gasteiger charge is 2.43. The van der Waals surface area contributed by atoms with Crippen molar-refractivity contribution in [2.75, 3.05) is 25.2 Å². The Balaban J connectivity index is 1.22. The summed E-state index contributed by atoms with van der Waals surface area (Å²) in [6.07, 6.45) is 0.959. The molecule has 1 unspecified atom stereocenters. The van der Waals surface area contributed by atoms with Crippen LogP contribution in [0.5, 0.6) is 5.75 Å². The second-order valence-corrected chi connectivity index (χ2v) is 9.02. The van der Waals surface area contributed by atoms with Crippen molar-refractivity contribution in [1.29, 1.82) is 0 Å². The highest BCUT2D eigenvalue weighted by Crippen LogP contribution is 2.29. The van der Waals surface area contributed by atoms with Crippen LogP contribution in [0.25, 0.3) is 0 Å². The molecule has 1 atom stereocenters. The highest BCUT2D eigenvalue weighted by atomic mass is 16.5. The van der Waals surface area contributed by atoms with Crippen molar-refractivity contribution in [3.8, 4) is 5.75 Å². The number of ether oxygens (including phenoxy) is 2. The van der Waals surface area contributed by atoms with Gasteiger partial charge in [-0.25, -0.2) is 9.69 Å². The molecule has 3 aromatic carbocycles. The molecule has 0 radical (unpaired) electrons. The number of carbonyl (C=O) groups is 4. The molecule has 2 aliphatic heterocycles. The number of esters is 1. The number of benzene rings is 3. The van der Waals surface area contributed by atoms with Crippen molar-refractivity contribution in [1.82, 2.24) is 4.90 Å². The summed E-state index contributed by atoms with van der Waals surface area (Å²) in [7, 11) is 1.46. The minimum Gasteiger partial charge on any atom is -0.496 e. The van der Waals surface area contributed by atoms with Crippen LogP contribution < -0.4 is 9.64 Å². The van der Waals surface area contributed by atoms with Gasteiger partial charge in [0, 0.05) is 13.1 Å². The van der Waals surface area contributed by atoms with Crippen LogP contribution in [0.15, 0.2) is 72.8 Å². The predicted molar refractivity (Wildman–Crippen MR) is 136 cm³/mol. The maximum atomic E-state index is 13.2. The molecule has 5 rings (SSSR count). The Morgan fingerprint density at radius 3 is 2.38 bits per heavy atom. The number of ketones is 1. The van der Waals surface area contributed by atoms with Crippen molar-refractivity contribution in [3.63, 3.8) is 0 Å². The van der Waals surface area contributed by atoms with E-state index in [1.807, 2.05) is 12.1 Å². The second kappa shape index (κ2) is 10.4. The lowest BCUT2D eigenvalue weighted by Crippen LogP contribution is -2.44. The van der Waals surface area contributed by atoms with E-state index < -0.39 is 18.6 Å². The number of rotatable bonds is 7. The van der Waals surface area contributed by atoms with Crippen LogP contribution >= 0.6 is 0 Å². The molecule has 2 heterocycles. The summed E-state index contributed by atoms with van der Waals surface area (Å²) in [6.45, 7) is 0.906. The Bertz CT molecular complexity index is 1370. The lowest BCUT2D eigenvalue weighted by atomic mass is 9.98. The summed E-state index contributed by atoms with van der Waals surface area (Å²) in [5, 5.41) is 0. The Morgan fingerprint density at radius 2 is 1.62 bits per heavy atom. The fourth-order valence-electron chi connectivity index (χ4n) is 4.87. The van der Waals surface area contributed by atoms with Gasteiger partial charge in [0.1, 0.15) is 5.75 Å². The summed E-state index contributed by atoms with van der Waals surface area (Å²) in [6, 6.07) is 20.4. The molecule has 0 N–H and O–H groups in total. The number of amides is 2. The number of carbonyl (C=O) groups excluding carboxylic acids is 4. The number of methoxy groups -OCH3 is 1. The molecule has 8 heteroatoms. The Labute approximate surface area is 214 Å². The first-order valence-electron chi connectivity index (χ1n) is 12.1. The van der Waals surface area contributed by atoms with Crippen molar-refractivity contribution < 1.29 is 28.7 Å². The summed E-state index contributed by atoms with van der Waals surface area (Å²) in [4.78, 5) is 54.2. The zero-order valence-corrected chi connectivity index (χ0v) is 20.4. The van der Waals surface area contributed by atoms with Crippen LogP contribution in [-0.2, 0) is 27.3 Å². The van der Waals surface area contributed by atoms with Gasteiger partial charge in [0.25, 0.3) is 5.91 Å². The second-order valence-electron chi connectivity index (χ2n) is 9.02. The zero-order chi connectivity index (χ0) is 25.9. The third kappa shape index (κ3) is 4.88. The highest BCUT2D eigenvalue weighted by molar-refractivity contribution is 6.22. The number of nitrogens with zero attached hydrogens (tertiary/aromatic N) is 2. The molecule has 0 aliphatic carbocycles. The smallest absolute Gasteiger partial charge is 0.338 e. The maximum absolute atomic E-state index is 13.2. The fourth-order valence-corrected chi connectivity index (χ4v) is 4.87. The van der Waals surface area contributed by atoms with Gasteiger partial charge in [-0.1, -0.05) is 36.4 Å². The average Bonchev–Trinajstić information content (AvgIpc) is 3.24. The molecule has 3 aromatic rings. The topological polar surface area (TPSA) is 93.2 Å². The van der Waals surface area contributed by atoms with Crippen LogP contribution in [0.4, 0.5) is 5.69 Å². The molecule has 1 fully saturated rings. The van der Waals surface area contributed by atoms with Crippen LogP contribution in [-0.4, -0.2) is 54.8 Å². The summed E-state index contributed by atoms with van der Waals surface area (Å²) >= 11 is 0. The van der Waals surface area contributed by atoms with Gasteiger partial charge in [-0.15, -0.1) is 0 Å². The number of imide groups is 1. The SMILES string of the molecule is COc1ccccc1C(=O)COC(=O)c1ccc(N2C(=O)CC(N3CCc4ccccc4C3)C2=O)cc1. The predicted octanol–water partition coefficient (Wildman–Crippen LogP) is 3.43. The van der Waals surface area contributed by atoms with E-state index in [4.69, 9.17) is 9.47 Å². The van der Waals surface area contributed by atoms with Gasteiger partial charge in [-0.2, -0.15) is 0 Å². The molecular weight excluding hydrogens is 472 g/mol.